The number of methoxy groups -OCH3 is 1. The van der Waals surface area contributed by atoms with E-state index in [0.717, 1.165) is 5.56 Å². The van der Waals surface area contributed by atoms with Crippen molar-refractivity contribution in [3.8, 4) is 22.9 Å². The summed E-state index contributed by atoms with van der Waals surface area (Å²) in [5.41, 5.74) is 2.55. The van der Waals surface area contributed by atoms with Crippen LogP contribution in [0.5, 0.6) is 11.5 Å². The van der Waals surface area contributed by atoms with E-state index in [0.29, 0.717) is 28.2 Å². The van der Waals surface area contributed by atoms with Gasteiger partial charge in [-0.15, -0.1) is 0 Å². The normalized spacial score (nSPS) is 11.3. The number of ketones is 1. The van der Waals surface area contributed by atoms with E-state index in [9.17, 15) is 13.2 Å². The second-order valence-electron chi connectivity index (χ2n) is 7.73. The van der Waals surface area contributed by atoms with E-state index in [1.807, 2.05) is 30.3 Å². The smallest absolute Gasteiger partial charge is 0.339 e. The van der Waals surface area contributed by atoms with Gasteiger partial charge < -0.3 is 13.9 Å². The van der Waals surface area contributed by atoms with Crippen molar-refractivity contribution < 1.29 is 22.1 Å². The molecule has 0 radical (unpaired) electrons. The van der Waals surface area contributed by atoms with Crippen LogP contribution in [0, 0.1) is 0 Å². The molecular formula is C27H20N2O5S. The highest BCUT2D eigenvalue weighted by Crippen LogP contribution is 2.31. The first kappa shape index (κ1) is 22.4. The number of imidazole rings is 1. The predicted molar refractivity (Wildman–Crippen MR) is 132 cm³/mol. The molecule has 5 rings (SSSR count). The Morgan fingerprint density at radius 3 is 2.29 bits per heavy atom. The van der Waals surface area contributed by atoms with Gasteiger partial charge in [0.15, 0.2) is 11.5 Å². The molecule has 0 aliphatic heterocycles. The fourth-order valence-corrected chi connectivity index (χ4v) is 4.64. The number of fused-ring (bicyclic) bond motifs is 1. The molecule has 0 unspecified atom stereocenters. The summed E-state index contributed by atoms with van der Waals surface area (Å²) < 4.78 is 37.1. The average Bonchev–Trinajstić information content (AvgIpc) is 3.33. The molecule has 0 saturated heterocycles. The van der Waals surface area contributed by atoms with Gasteiger partial charge in [0.1, 0.15) is 16.5 Å². The molecule has 0 spiro atoms. The molecule has 35 heavy (non-hydrogen) atoms. The van der Waals surface area contributed by atoms with Crippen molar-refractivity contribution in [2.75, 3.05) is 7.11 Å². The number of aromatic nitrogens is 2. The molecule has 1 heterocycles. The van der Waals surface area contributed by atoms with E-state index < -0.39 is 10.1 Å². The van der Waals surface area contributed by atoms with Gasteiger partial charge in [0.05, 0.1) is 23.7 Å². The maximum Gasteiger partial charge on any atom is 0.339 e. The molecule has 7 nitrogen and oxygen atoms in total. The molecule has 0 fully saturated rings. The summed E-state index contributed by atoms with van der Waals surface area (Å²) in [6.45, 7) is 0. The van der Waals surface area contributed by atoms with Crippen molar-refractivity contribution in [1.82, 2.24) is 9.97 Å². The Morgan fingerprint density at radius 1 is 0.857 bits per heavy atom. The number of hydrogen-bond donors (Lipinski definition) is 1. The lowest BCUT2D eigenvalue weighted by Crippen LogP contribution is -2.13. The molecule has 5 aromatic rings. The Labute approximate surface area is 202 Å². The van der Waals surface area contributed by atoms with Crippen LogP contribution in [0.4, 0.5) is 0 Å². The van der Waals surface area contributed by atoms with Gasteiger partial charge in [-0.3, -0.25) is 4.79 Å². The largest absolute Gasteiger partial charge is 0.497 e. The van der Waals surface area contributed by atoms with E-state index in [-0.39, 0.29) is 22.0 Å². The summed E-state index contributed by atoms with van der Waals surface area (Å²) in [6.07, 6.45) is 0. The van der Waals surface area contributed by atoms with Gasteiger partial charge >= 0.3 is 10.1 Å². The summed E-state index contributed by atoms with van der Waals surface area (Å²) in [5.74, 6) is 0.499. The van der Waals surface area contributed by atoms with E-state index >= 15 is 0 Å². The van der Waals surface area contributed by atoms with Gasteiger partial charge in [-0.2, -0.15) is 8.42 Å². The zero-order chi connectivity index (χ0) is 24.4. The second-order valence-corrected chi connectivity index (χ2v) is 9.27. The molecule has 8 heteroatoms. The Morgan fingerprint density at radius 2 is 1.57 bits per heavy atom. The molecule has 1 aromatic heterocycles. The van der Waals surface area contributed by atoms with E-state index in [1.165, 1.54) is 31.4 Å². The molecule has 174 valence electrons. The number of aromatic amines is 1. The standard InChI is InChI=1S/C27H20N2O5S/c1-33-20-12-14-22(26(30)18-8-4-2-5-9-18)25(16-20)34-35(31,32)21-13-15-23-24(17-21)29-27(28-23)19-10-6-3-7-11-19/h2-17H,1H3,(H,28,29). The van der Waals surface area contributed by atoms with Gasteiger partial charge in [0.25, 0.3) is 0 Å². The van der Waals surface area contributed by atoms with Crippen molar-refractivity contribution >= 4 is 26.9 Å². The lowest BCUT2D eigenvalue weighted by atomic mass is 10.0. The number of benzene rings is 4. The maximum absolute atomic E-state index is 13.2. The Hall–Kier alpha value is -4.43. The molecule has 0 amide bonds. The van der Waals surface area contributed by atoms with Crippen LogP contribution in [-0.4, -0.2) is 31.3 Å². The molecule has 0 bridgehead atoms. The van der Waals surface area contributed by atoms with Gasteiger partial charge in [-0.1, -0.05) is 60.7 Å². The van der Waals surface area contributed by atoms with Crippen LogP contribution >= 0.6 is 0 Å². The third kappa shape index (κ3) is 4.51. The Bertz CT molecular complexity index is 1630. The third-order valence-corrected chi connectivity index (χ3v) is 6.69. The maximum atomic E-state index is 13.2. The van der Waals surface area contributed by atoms with E-state index in [4.69, 9.17) is 8.92 Å². The lowest BCUT2D eigenvalue weighted by Gasteiger charge is -2.12. The number of H-pyrrole nitrogens is 1. The number of carbonyl (C=O) groups excluding carboxylic acids is 1. The average molecular weight is 485 g/mol. The lowest BCUT2D eigenvalue weighted by molar-refractivity contribution is 0.103. The monoisotopic (exact) mass is 484 g/mol. The number of nitrogens with one attached hydrogen (secondary N) is 1. The predicted octanol–water partition coefficient (Wildman–Crippen LogP) is 5.24. The zero-order valence-corrected chi connectivity index (χ0v) is 19.5. The van der Waals surface area contributed by atoms with Crippen molar-refractivity contribution in [2.45, 2.75) is 4.90 Å². The van der Waals surface area contributed by atoms with E-state index in [1.54, 1.807) is 42.5 Å². The van der Waals surface area contributed by atoms with Crippen LogP contribution in [0.1, 0.15) is 15.9 Å². The van der Waals surface area contributed by atoms with Crippen LogP contribution < -0.4 is 8.92 Å². The zero-order valence-electron chi connectivity index (χ0n) is 18.6. The van der Waals surface area contributed by atoms with Crippen LogP contribution in [0.2, 0.25) is 0 Å². The Balaban J connectivity index is 1.51. The third-order valence-electron chi connectivity index (χ3n) is 5.46. The van der Waals surface area contributed by atoms with Crippen molar-refractivity contribution in [3.63, 3.8) is 0 Å². The topological polar surface area (TPSA) is 98.3 Å². The first-order chi connectivity index (χ1) is 16.9. The van der Waals surface area contributed by atoms with Crippen LogP contribution in [0.3, 0.4) is 0 Å². The van der Waals surface area contributed by atoms with Crippen molar-refractivity contribution in [1.29, 1.82) is 0 Å². The summed E-state index contributed by atoms with van der Waals surface area (Å²) >= 11 is 0. The number of carbonyl (C=O) groups is 1. The molecule has 0 saturated carbocycles. The number of ether oxygens (including phenoxy) is 1. The van der Waals surface area contributed by atoms with Crippen molar-refractivity contribution in [2.24, 2.45) is 0 Å². The number of rotatable bonds is 7. The van der Waals surface area contributed by atoms with E-state index in [2.05, 4.69) is 9.97 Å². The minimum atomic E-state index is -4.28. The minimum absolute atomic E-state index is 0.0748. The highest BCUT2D eigenvalue weighted by molar-refractivity contribution is 7.87. The SMILES string of the molecule is COc1ccc(C(=O)c2ccccc2)c(OS(=O)(=O)c2ccc3nc(-c4ccccc4)[nH]c3c2)c1. The second kappa shape index (κ2) is 9.08. The molecule has 0 aliphatic rings. The first-order valence-corrected chi connectivity index (χ1v) is 12.1. The highest BCUT2D eigenvalue weighted by atomic mass is 32.2. The fraction of sp³-hybridized carbons (Fsp3) is 0.0370. The van der Waals surface area contributed by atoms with Crippen LogP contribution in [0.15, 0.2) is 102 Å². The van der Waals surface area contributed by atoms with Crippen molar-refractivity contribution in [3.05, 3.63) is 108 Å². The van der Waals surface area contributed by atoms with Gasteiger partial charge in [0.2, 0.25) is 0 Å². The van der Waals surface area contributed by atoms with Crippen LogP contribution in [0.25, 0.3) is 22.4 Å². The molecular weight excluding hydrogens is 464 g/mol. The minimum Gasteiger partial charge on any atom is -0.497 e. The fourth-order valence-electron chi connectivity index (χ4n) is 3.67. The molecule has 0 aliphatic carbocycles. The Kier molecular flexibility index (Phi) is 5.80. The highest BCUT2D eigenvalue weighted by Gasteiger charge is 2.23. The summed E-state index contributed by atoms with van der Waals surface area (Å²) in [7, 11) is -2.83. The number of hydrogen-bond acceptors (Lipinski definition) is 6. The van der Waals surface area contributed by atoms with Gasteiger partial charge in [0, 0.05) is 17.2 Å². The van der Waals surface area contributed by atoms with Gasteiger partial charge in [-0.05, 0) is 30.3 Å². The molecule has 0 atom stereocenters. The number of nitrogens with zero attached hydrogens (tertiary/aromatic N) is 1. The summed E-state index contributed by atoms with van der Waals surface area (Å²) in [6, 6.07) is 27.0. The summed E-state index contributed by atoms with van der Waals surface area (Å²) in [4.78, 5) is 20.7. The van der Waals surface area contributed by atoms with Gasteiger partial charge in [-0.25, -0.2) is 4.98 Å². The summed E-state index contributed by atoms with van der Waals surface area (Å²) in [5, 5.41) is 0. The quantitative estimate of drug-likeness (QED) is 0.251. The van der Waals surface area contributed by atoms with Crippen LogP contribution in [-0.2, 0) is 10.1 Å². The first-order valence-electron chi connectivity index (χ1n) is 10.7. The molecule has 1 N–H and O–H groups in total. The molecule has 4 aromatic carbocycles.